The highest BCUT2D eigenvalue weighted by Gasteiger charge is 2.17. The number of benzene rings is 1. The van der Waals surface area contributed by atoms with Crippen molar-refractivity contribution in [2.45, 2.75) is 20.0 Å². The lowest BCUT2D eigenvalue weighted by atomic mass is 9.99. The van der Waals surface area contributed by atoms with Gasteiger partial charge in [-0.25, -0.2) is 0 Å². The Hall–Kier alpha value is -2.49. The van der Waals surface area contributed by atoms with Crippen LogP contribution in [-0.2, 0) is 16.0 Å². The molecule has 0 amide bonds. The highest BCUT2D eigenvalue weighted by atomic mass is 19.3. The van der Waals surface area contributed by atoms with Gasteiger partial charge in [0, 0.05) is 5.56 Å². The molecule has 0 aliphatic rings. The van der Waals surface area contributed by atoms with Crippen molar-refractivity contribution in [3.8, 4) is 11.8 Å². The molecule has 20 heavy (non-hydrogen) atoms. The smallest absolute Gasteiger partial charge is 0.387 e. The zero-order valence-corrected chi connectivity index (χ0v) is 10.6. The van der Waals surface area contributed by atoms with Gasteiger partial charge in [0.15, 0.2) is 6.29 Å². The van der Waals surface area contributed by atoms with Crippen LogP contribution in [0.2, 0.25) is 0 Å². The van der Waals surface area contributed by atoms with Crippen molar-refractivity contribution in [2.75, 3.05) is 6.61 Å². The predicted octanol–water partition coefficient (Wildman–Crippen LogP) is 2.08. The van der Waals surface area contributed by atoms with Crippen molar-refractivity contribution in [3.63, 3.8) is 0 Å². The molecule has 0 unspecified atom stereocenters. The Morgan fingerprint density at radius 2 is 2.20 bits per heavy atom. The normalized spacial score (nSPS) is 9.95. The third-order valence-electron chi connectivity index (χ3n) is 2.36. The summed E-state index contributed by atoms with van der Waals surface area (Å²) < 4.78 is 33.1. The van der Waals surface area contributed by atoms with Crippen molar-refractivity contribution in [1.82, 2.24) is 0 Å². The maximum atomic E-state index is 12.1. The SMILES string of the molecule is CCOC(=O)Cc1c(C#N)cc(OC(F)F)cc1C=O. The van der Waals surface area contributed by atoms with Gasteiger partial charge in [0.2, 0.25) is 0 Å². The van der Waals surface area contributed by atoms with E-state index in [2.05, 4.69) is 4.74 Å². The van der Waals surface area contributed by atoms with Crippen LogP contribution in [0, 0.1) is 11.3 Å². The molecule has 5 nitrogen and oxygen atoms in total. The van der Waals surface area contributed by atoms with Gasteiger partial charge in [-0.3, -0.25) is 9.59 Å². The van der Waals surface area contributed by atoms with Crippen LogP contribution >= 0.6 is 0 Å². The molecule has 0 saturated heterocycles. The second kappa shape index (κ2) is 7.19. The number of nitrogens with zero attached hydrogens (tertiary/aromatic N) is 1. The molecule has 0 heterocycles. The second-order valence-electron chi connectivity index (χ2n) is 3.63. The Kier molecular flexibility index (Phi) is 5.59. The van der Waals surface area contributed by atoms with Gasteiger partial charge in [-0.2, -0.15) is 14.0 Å². The predicted molar refractivity (Wildman–Crippen MR) is 63.5 cm³/mol. The Labute approximate surface area is 113 Å². The zero-order chi connectivity index (χ0) is 15.1. The molecular weight excluding hydrogens is 272 g/mol. The van der Waals surface area contributed by atoms with E-state index < -0.39 is 12.6 Å². The fraction of sp³-hybridized carbons (Fsp3) is 0.308. The number of hydrogen-bond acceptors (Lipinski definition) is 5. The lowest BCUT2D eigenvalue weighted by molar-refractivity contribution is -0.142. The van der Waals surface area contributed by atoms with Gasteiger partial charge in [-0.05, 0) is 24.6 Å². The molecule has 0 aliphatic heterocycles. The quantitative estimate of drug-likeness (QED) is 0.590. The summed E-state index contributed by atoms with van der Waals surface area (Å²) in [5.74, 6) is -0.930. The summed E-state index contributed by atoms with van der Waals surface area (Å²) in [6.07, 6.45) is 0.0769. The van der Waals surface area contributed by atoms with Crippen molar-refractivity contribution in [1.29, 1.82) is 5.26 Å². The lowest BCUT2D eigenvalue weighted by Gasteiger charge is -2.10. The van der Waals surface area contributed by atoms with E-state index >= 15 is 0 Å². The molecule has 0 aliphatic carbocycles. The van der Waals surface area contributed by atoms with Gasteiger partial charge in [0.05, 0.1) is 24.7 Å². The first-order valence-corrected chi connectivity index (χ1v) is 5.64. The molecular formula is C13H11F2NO4. The minimum atomic E-state index is -3.07. The van der Waals surface area contributed by atoms with Crippen LogP contribution in [0.4, 0.5) is 8.78 Å². The van der Waals surface area contributed by atoms with E-state index in [-0.39, 0.29) is 35.5 Å². The molecule has 0 N–H and O–H groups in total. The third kappa shape index (κ3) is 4.02. The van der Waals surface area contributed by atoms with Crippen LogP contribution in [0.15, 0.2) is 12.1 Å². The number of ether oxygens (including phenoxy) is 2. The van der Waals surface area contributed by atoms with Crippen LogP contribution in [0.1, 0.15) is 28.4 Å². The Balaban J connectivity index is 3.19. The maximum Gasteiger partial charge on any atom is 0.387 e. The number of aldehydes is 1. The van der Waals surface area contributed by atoms with Gasteiger partial charge >= 0.3 is 12.6 Å². The van der Waals surface area contributed by atoms with E-state index in [1.54, 1.807) is 13.0 Å². The molecule has 0 fully saturated rings. The topological polar surface area (TPSA) is 76.4 Å². The number of alkyl halides is 2. The molecule has 0 saturated carbocycles. The number of rotatable bonds is 6. The molecule has 0 spiro atoms. The molecule has 1 aromatic rings. The van der Waals surface area contributed by atoms with Crippen LogP contribution in [0.5, 0.6) is 5.75 Å². The molecule has 0 aromatic heterocycles. The van der Waals surface area contributed by atoms with Crippen molar-refractivity contribution in [2.24, 2.45) is 0 Å². The Bertz CT molecular complexity index is 552. The number of carbonyl (C=O) groups excluding carboxylic acids is 2. The molecule has 1 aromatic carbocycles. The third-order valence-corrected chi connectivity index (χ3v) is 2.36. The molecule has 1 rings (SSSR count). The summed E-state index contributed by atoms with van der Waals surface area (Å²) >= 11 is 0. The monoisotopic (exact) mass is 283 g/mol. The van der Waals surface area contributed by atoms with E-state index in [4.69, 9.17) is 10.00 Å². The second-order valence-corrected chi connectivity index (χ2v) is 3.63. The molecule has 7 heteroatoms. The highest BCUT2D eigenvalue weighted by Crippen LogP contribution is 2.23. The molecule has 106 valence electrons. The molecule has 0 bridgehead atoms. The van der Waals surface area contributed by atoms with E-state index in [9.17, 15) is 18.4 Å². The summed E-state index contributed by atoms with van der Waals surface area (Å²) in [6.45, 7) is -1.30. The van der Waals surface area contributed by atoms with Crippen LogP contribution in [-0.4, -0.2) is 25.5 Å². The lowest BCUT2D eigenvalue weighted by Crippen LogP contribution is -2.11. The standard InChI is InChI=1S/C13H11F2NO4/c1-2-19-12(18)5-11-8(6-16)3-10(20-13(14)15)4-9(11)7-17/h3-4,7,13H,2,5H2,1H3. The van der Waals surface area contributed by atoms with Crippen molar-refractivity contribution < 1.29 is 27.8 Å². The minimum Gasteiger partial charge on any atom is -0.466 e. The summed E-state index contributed by atoms with van der Waals surface area (Å²) in [7, 11) is 0. The number of nitriles is 1. The van der Waals surface area contributed by atoms with Crippen LogP contribution in [0.3, 0.4) is 0 Å². The number of carbonyl (C=O) groups is 2. The largest absolute Gasteiger partial charge is 0.466 e. The van der Waals surface area contributed by atoms with Crippen molar-refractivity contribution >= 4 is 12.3 Å². The average Bonchev–Trinajstić information content (AvgIpc) is 2.39. The Morgan fingerprint density at radius 1 is 1.50 bits per heavy atom. The number of halogens is 2. The number of hydrogen-bond donors (Lipinski definition) is 0. The Morgan fingerprint density at radius 3 is 2.70 bits per heavy atom. The molecule has 0 atom stereocenters. The van der Waals surface area contributed by atoms with E-state index in [0.29, 0.717) is 6.29 Å². The summed E-state index contributed by atoms with van der Waals surface area (Å²) in [5, 5.41) is 8.98. The van der Waals surface area contributed by atoms with Gasteiger partial charge in [0.25, 0.3) is 0 Å². The van der Waals surface area contributed by atoms with Crippen LogP contribution < -0.4 is 4.74 Å². The zero-order valence-electron chi connectivity index (χ0n) is 10.6. The van der Waals surface area contributed by atoms with Gasteiger partial charge in [-0.1, -0.05) is 0 Å². The fourth-order valence-electron chi connectivity index (χ4n) is 1.60. The first-order chi connectivity index (χ1) is 9.51. The van der Waals surface area contributed by atoms with Crippen LogP contribution in [0.25, 0.3) is 0 Å². The minimum absolute atomic E-state index is 0.0623. The summed E-state index contributed by atoms with van der Waals surface area (Å²) in [6, 6.07) is 3.84. The average molecular weight is 283 g/mol. The van der Waals surface area contributed by atoms with E-state index in [0.717, 1.165) is 12.1 Å². The van der Waals surface area contributed by atoms with Crippen molar-refractivity contribution in [3.05, 3.63) is 28.8 Å². The first kappa shape index (κ1) is 15.6. The fourth-order valence-corrected chi connectivity index (χ4v) is 1.60. The molecule has 0 radical (unpaired) electrons. The number of esters is 1. The first-order valence-electron chi connectivity index (χ1n) is 5.64. The van der Waals surface area contributed by atoms with E-state index in [1.807, 2.05) is 0 Å². The highest BCUT2D eigenvalue weighted by molar-refractivity contribution is 5.84. The van der Waals surface area contributed by atoms with E-state index in [1.165, 1.54) is 0 Å². The summed E-state index contributed by atoms with van der Waals surface area (Å²) in [4.78, 5) is 22.4. The van der Waals surface area contributed by atoms with Gasteiger partial charge < -0.3 is 9.47 Å². The summed E-state index contributed by atoms with van der Waals surface area (Å²) in [5.41, 5.74) is -0.0198. The van der Waals surface area contributed by atoms with Gasteiger partial charge in [-0.15, -0.1) is 0 Å². The van der Waals surface area contributed by atoms with Gasteiger partial charge in [0.1, 0.15) is 5.75 Å². The maximum absolute atomic E-state index is 12.1.